The van der Waals surface area contributed by atoms with Crippen molar-refractivity contribution in [3.8, 4) is 0 Å². The van der Waals surface area contributed by atoms with E-state index >= 15 is 0 Å². The van der Waals surface area contributed by atoms with Crippen molar-refractivity contribution in [3.05, 3.63) is 92.1 Å². The molecule has 0 saturated heterocycles. The third kappa shape index (κ3) is 3.26. The molecule has 1 amide bonds. The van der Waals surface area contributed by atoms with E-state index in [4.69, 9.17) is 0 Å². The van der Waals surface area contributed by atoms with Gasteiger partial charge in [-0.1, -0.05) is 30.3 Å². The second-order valence-electron chi connectivity index (χ2n) is 6.81. The third-order valence-electron chi connectivity index (χ3n) is 4.79. The standard InChI is InChI=1S/C21H15FN4O4/c1-25(11-12-5-3-2-4-6-12)21(28)14-7-13-8-15(22)17-19(18(13)23-9-14)24-10-16(20(17)27)26(29)30/h2-10H,11H2,1H3,(H,24,27). The number of carbonyl (C=O) groups excluding carboxylic acids is 1. The number of halogens is 1. The molecule has 4 aromatic rings. The van der Waals surface area contributed by atoms with Gasteiger partial charge in [-0.05, 0) is 17.7 Å². The van der Waals surface area contributed by atoms with Crippen LogP contribution in [0.1, 0.15) is 15.9 Å². The van der Waals surface area contributed by atoms with E-state index in [2.05, 4.69) is 9.97 Å². The fraction of sp³-hybridized carbons (Fsp3) is 0.0952. The van der Waals surface area contributed by atoms with Crippen molar-refractivity contribution in [1.29, 1.82) is 0 Å². The zero-order valence-corrected chi connectivity index (χ0v) is 15.8. The molecular weight excluding hydrogens is 391 g/mol. The molecule has 2 aromatic carbocycles. The van der Waals surface area contributed by atoms with Gasteiger partial charge in [0.15, 0.2) is 0 Å². The minimum Gasteiger partial charge on any atom is -0.353 e. The van der Waals surface area contributed by atoms with Crippen molar-refractivity contribution in [1.82, 2.24) is 14.9 Å². The van der Waals surface area contributed by atoms with E-state index in [9.17, 15) is 24.1 Å². The van der Waals surface area contributed by atoms with E-state index in [-0.39, 0.29) is 22.5 Å². The lowest BCUT2D eigenvalue weighted by Gasteiger charge is -2.17. The Kier molecular flexibility index (Phi) is 4.71. The Morgan fingerprint density at radius 3 is 2.70 bits per heavy atom. The van der Waals surface area contributed by atoms with Crippen LogP contribution in [0.4, 0.5) is 10.1 Å². The molecule has 0 aliphatic rings. The normalized spacial score (nSPS) is 11.0. The Bertz CT molecular complexity index is 1370. The second-order valence-corrected chi connectivity index (χ2v) is 6.81. The second kappa shape index (κ2) is 7.36. The highest BCUT2D eigenvalue weighted by Gasteiger charge is 2.21. The summed E-state index contributed by atoms with van der Waals surface area (Å²) in [7, 11) is 1.65. The number of nitrogens with one attached hydrogen (secondary N) is 1. The summed E-state index contributed by atoms with van der Waals surface area (Å²) in [5, 5.41) is 10.8. The molecule has 0 atom stereocenters. The molecule has 9 heteroatoms. The smallest absolute Gasteiger partial charge is 0.332 e. The van der Waals surface area contributed by atoms with E-state index in [1.807, 2.05) is 30.3 Å². The summed E-state index contributed by atoms with van der Waals surface area (Å²) in [6.45, 7) is 0.390. The Hall–Kier alpha value is -4.14. The van der Waals surface area contributed by atoms with Crippen LogP contribution in [0.5, 0.6) is 0 Å². The molecule has 0 aliphatic heterocycles. The highest BCUT2D eigenvalue weighted by atomic mass is 19.1. The molecule has 30 heavy (non-hydrogen) atoms. The lowest BCUT2D eigenvalue weighted by atomic mass is 10.1. The van der Waals surface area contributed by atoms with Crippen LogP contribution in [0, 0.1) is 15.9 Å². The van der Waals surface area contributed by atoms with Gasteiger partial charge in [-0.25, -0.2) is 4.39 Å². The number of hydrogen-bond donors (Lipinski definition) is 1. The number of benzene rings is 2. The van der Waals surface area contributed by atoms with Gasteiger partial charge in [0, 0.05) is 25.2 Å². The molecule has 150 valence electrons. The maximum atomic E-state index is 14.6. The van der Waals surface area contributed by atoms with E-state index in [0.717, 1.165) is 17.8 Å². The number of nitrogens with zero attached hydrogens (tertiary/aromatic N) is 3. The molecule has 2 heterocycles. The molecular formula is C21H15FN4O4. The maximum absolute atomic E-state index is 14.6. The Labute approximate surface area is 168 Å². The van der Waals surface area contributed by atoms with Crippen molar-refractivity contribution < 1.29 is 14.1 Å². The predicted octanol–water partition coefficient (Wildman–Crippen LogP) is 3.40. The molecule has 0 unspecified atom stereocenters. The lowest BCUT2D eigenvalue weighted by molar-refractivity contribution is -0.386. The van der Waals surface area contributed by atoms with Crippen molar-refractivity contribution >= 4 is 33.4 Å². The quantitative estimate of drug-likeness (QED) is 0.317. The van der Waals surface area contributed by atoms with Crippen LogP contribution >= 0.6 is 0 Å². The Morgan fingerprint density at radius 1 is 1.27 bits per heavy atom. The van der Waals surface area contributed by atoms with E-state index < -0.39 is 27.2 Å². The molecule has 0 saturated carbocycles. The minimum atomic E-state index is -1.03. The third-order valence-corrected chi connectivity index (χ3v) is 4.79. The number of aromatic nitrogens is 2. The summed E-state index contributed by atoms with van der Waals surface area (Å²) in [5.74, 6) is -1.22. The van der Waals surface area contributed by atoms with Gasteiger partial charge in [0.05, 0.1) is 33.1 Å². The zero-order chi connectivity index (χ0) is 21.4. The fourth-order valence-electron chi connectivity index (χ4n) is 3.35. The number of carbonyl (C=O) groups is 1. The van der Waals surface area contributed by atoms with Crippen molar-refractivity contribution in [2.45, 2.75) is 6.54 Å². The number of rotatable bonds is 4. The summed E-state index contributed by atoms with van der Waals surface area (Å²) >= 11 is 0. The van der Waals surface area contributed by atoms with Gasteiger partial charge >= 0.3 is 5.69 Å². The van der Waals surface area contributed by atoms with Crippen LogP contribution in [0.25, 0.3) is 21.8 Å². The number of pyridine rings is 2. The highest BCUT2D eigenvalue weighted by Crippen LogP contribution is 2.25. The maximum Gasteiger partial charge on any atom is 0.332 e. The van der Waals surface area contributed by atoms with Crippen molar-refractivity contribution in [2.24, 2.45) is 0 Å². The van der Waals surface area contributed by atoms with Gasteiger partial charge in [-0.2, -0.15) is 0 Å². The van der Waals surface area contributed by atoms with Crippen LogP contribution in [0.15, 0.2) is 59.7 Å². The number of fused-ring (bicyclic) bond motifs is 3. The molecule has 0 fully saturated rings. The molecule has 1 N–H and O–H groups in total. The molecule has 0 spiro atoms. The average molecular weight is 406 g/mol. The summed E-state index contributed by atoms with van der Waals surface area (Å²) in [5.41, 5.74) is -0.298. The lowest BCUT2D eigenvalue weighted by Crippen LogP contribution is -2.26. The topological polar surface area (TPSA) is 109 Å². The Balaban J connectivity index is 1.77. The van der Waals surface area contributed by atoms with Crippen LogP contribution in [0.2, 0.25) is 0 Å². The first-order chi connectivity index (χ1) is 14.4. The van der Waals surface area contributed by atoms with Crippen LogP contribution in [0.3, 0.4) is 0 Å². The van der Waals surface area contributed by atoms with Gasteiger partial charge in [0.25, 0.3) is 11.3 Å². The molecule has 0 aliphatic carbocycles. The van der Waals surface area contributed by atoms with Crippen LogP contribution in [-0.2, 0) is 6.54 Å². The van der Waals surface area contributed by atoms with E-state index in [1.165, 1.54) is 17.2 Å². The van der Waals surface area contributed by atoms with Gasteiger partial charge in [0.2, 0.25) is 0 Å². The van der Waals surface area contributed by atoms with Crippen LogP contribution < -0.4 is 5.43 Å². The first kappa shape index (κ1) is 19.2. The Morgan fingerprint density at radius 2 is 2.00 bits per heavy atom. The minimum absolute atomic E-state index is 0.0391. The van der Waals surface area contributed by atoms with Crippen molar-refractivity contribution in [3.63, 3.8) is 0 Å². The highest BCUT2D eigenvalue weighted by molar-refractivity contribution is 6.06. The largest absolute Gasteiger partial charge is 0.353 e. The van der Waals surface area contributed by atoms with Crippen LogP contribution in [-0.4, -0.2) is 32.7 Å². The summed E-state index contributed by atoms with van der Waals surface area (Å²) in [6.07, 6.45) is 2.25. The number of aromatic amines is 1. The molecule has 2 aromatic heterocycles. The number of nitro groups is 1. The van der Waals surface area contributed by atoms with E-state index in [0.29, 0.717) is 11.9 Å². The van der Waals surface area contributed by atoms with Gasteiger partial charge < -0.3 is 9.88 Å². The van der Waals surface area contributed by atoms with E-state index in [1.54, 1.807) is 7.05 Å². The van der Waals surface area contributed by atoms with Gasteiger partial charge in [-0.3, -0.25) is 24.7 Å². The molecule has 4 rings (SSSR count). The first-order valence-corrected chi connectivity index (χ1v) is 8.94. The number of hydrogen-bond acceptors (Lipinski definition) is 5. The van der Waals surface area contributed by atoms with Gasteiger partial charge in [0.1, 0.15) is 5.82 Å². The first-order valence-electron chi connectivity index (χ1n) is 8.94. The number of H-pyrrole nitrogens is 1. The summed E-state index contributed by atoms with van der Waals surface area (Å²) < 4.78 is 14.6. The summed E-state index contributed by atoms with van der Waals surface area (Å²) in [4.78, 5) is 43.5. The van der Waals surface area contributed by atoms with Gasteiger partial charge in [-0.15, -0.1) is 0 Å². The molecule has 8 nitrogen and oxygen atoms in total. The van der Waals surface area contributed by atoms with Crippen molar-refractivity contribution in [2.75, 3.05) is 7.05 Å². The zero-order valence-electron chi connectivity index (χ0n) is 15.8. The number of amides is 1. The SMILES string of the molecule is CN(Cc1ccccc1)C(=O)c1cnc2c(c1)cc(F)c1c(=O)c([N+](=O)[O-])c[nH]c12. The summed E-state index contributed by atoms with van der Waals surface area (Å²) in [6, 6.07) is 12.0. The predicted molar refractivity (Wildman–Crippen MR) is 109 cm³/mol. The molecule has 0 radical (unpaired) electrons. The molecule has 0 bridgehead atoms. The fourth-order valence-corrected chi connectivity index (χ4v) is 3.35. The average Bonchev–Trinajstić information content (AvgIpc) is 2.73. The monoisotopic (exact) mass is 406 g/mol.